The Morgan fingerprint density at radius 3 is 2.56 bits per heavy atom. The Morgan fingerprint density at radius 1 is 1.16 bits per heavy atom. The Labute approximate surface area is 188 Å². The second kappa shape index (κ2) is 9.45. The number of aromatic nitrogens is 1. The fourth-order valence-corrected chi connectivity index (χ4v) is 3.17. The molecule has 0 saturated carbocycles. The van der Waals surface area contributed by atoms with Crippen LogP contribution in [0, 0.1) is 23.1 Å². The number of halogens is 2. The Hall–Kier alpha value is -3.96. The van der Waals surface area contributed by atoms with Gasteiger partial charge in [0.2, 0.25) is 17.7 Å². The van der Waals surface area contributed by atoms with Crippen molar-refractivity contribution in [3.8, 4) is 17.7 Å². The molecule has 1 amide bonds. The zero-order valence-corrected chi connectivity index (χ0v) is 17.5. The van der Waals surface area contributed by atoms with Gasteiger partial charge in [0.15, 0.2) is 0 Å². The quantitative estimate of drug-likeness (QED) is 0.614. The first-order valence-corrected chi connectivity index (χ1v) is 10.1. The molecule has 2 heterocycles. The van der Waals surface area contributed by atoms with E-state index in [2.05, 4.69) is 15.3 Å². The van der Waals surface area contributed by atoms with Gasteiger partial charge in [-0.25, -0.2) is 9.37 Å². The maximum absolute atomic E-state index is 13.0. The van der Waals surface area contributed by atoms with E-state index in [0.29, 0.717) is 22.4 Å². The molecule has 32 heavy (non-hydrogen) atoms. The van der Waals surface area contributed by atoms with Gasteiger partial charge in [-0.05, 0) is 48.0 Å². The number of nitriles is 1. The summed E-state index contributed by atoms with van der Waals surface area (Å²) in [4.78, 5) is 22.5. The zero-order valence-electron chi connectivity index (χ0n) is 16.7. The van der Waals surface area contributed by atoms with Crippen molar-refractivity contribution < 1.29 is 13.9 Å². The number of carbonyl (C=O) groups excluding carboxylic acids is 1. The molecular weight excluding hydrogens is 433 g/mol. The summed E-state index contributed by atoms with van der Waals surface area (Å²) in [7, 11) is 0. The second-order valence-corrected chi connectivity index (χ2v) is 7.40. The summed E-state index contributed by atoms with van der Waals surface area (Å²) in [5, 5.41) is 13.0. The molecule has 7 nitrogen and oxygen atoms in total. The van der Waals surface area contributed by atoms with Gasteiger partial charge in [0.25, 0.3) is 0 Å². The summed E-state index contributed by atoms with van der Waals surface area (Å²) >= 11 is 5.94. The number of rotatable bonds is 5. The van der Waals surface area contributed by atoms with Crippen LogP contribution in [0.5, 0.6) is 11.6 Å². The molecule has 0 aliphatic carbocycles. The monoisotopic (exact) mass is 449 g/mol. The van der Waals surface area contributed by atoms with Gasteiger partial charge < -0.3 is 10.1 Å². The molecule has 3 aromatic rings. The first kappa shape index (κ1) is 21.3. The Bertz CT molecular complexity index is 1180. The van der Waals surface area contributed by atoms with Gasteiger partial charge >= 0.3 is 0 Å². The molecular formula is C23H17ClFN5O2. The molecule has 2 aromatic carbocycles. The first-order valence-electron chi connectivity index (χ1n) is 9.68. The van der Waals surface area contributed by atoms with Crippen LogP contribution < -0.4 is 10.1 Å². The van der Waals surface area contributed by atoms with E-state index in [1.54, 1.807) is 36.4 Å². The topological polar surface area (TPSA) is 90.6 Å². The van der Waals surface area contributed by atoms with Gasteiger partial charge in [-0.3, -0.25) is 14.7 Å². The molecule has 4 rings (SSSR count). The third-order valence-corrected chi connectivity index (χ3v) is 4.94. The number of carbonyl (C=O) groups is 1. The Kier molecular flexibility index (Phi) is 6.29. The molecule has 1 aliphatic heterocycles. The van der Waals surface area contributed by atoms with Crippen LogP contribution in [0.1, 0.15) is 5.56 Å². The van der Waals surface area contributed by atoms with Crippen LogP contribution in [-0.2, 0) is 11.3 Å². The summed E-state index contributed by atoms with van der Waals surface area (Å²) in [6.45, 7) is 0.337. The van der Waals surface area contributed by atoms with E-state index in [0.717, 1.165) is 11.8 Å². The number of anilines is 1. The van der Waals surface area contributed by atoms with Crippen molar-refractivity contribution in [2.75, 3.05) is 11.9 Å². The summed E-state index contributed by atoms with van der Waals surface area (Å²) in [6.07, 6.45) is 1.08. The van der Waals surface area contributed by atoms with Crippen molar-refractivity contribution in [1.82, 2.24) is 9.88 Å². The highest BCUT2D eigenvalue weighted by atomic mass is 35.5. The van der Waals surface area contributed by atoms with Gasteiger partial charge in [-0.15, -0.1) is 0 Å². The molecule has 0 fully saturated rings. The van der Waals surface area contributed by atoms with Crippen LogP contribution >= 0.6 is 11.6 Å². The van der Waals surface area contributed by atoms with E-state index in [1.165, 1.54) is 17.0 Å². The normalized spacial score (nSPS) is 15.7. The summed E-state index contributed by atoms with van der Waals surface area (Å²) in [5.74, 6) is -0.453. The average Bonchev–Trinajstić information content (AvgIpc) is 2.80. The lowest BCUT2D eigenvalue weighted by Gasteiger charge is -2.30. The number of pyridine rings is 1. The van der Waals surface area contributed by atoms with E-state index < -0.39 is 11.7 Å². The number of amides is 1. The summed E-state index contributed by atoms with van der Waals surface area (Å²) in [5.41, 5.74) is 1.53. The number of hydrogen-bond acceptors (Lipinski definition) is 6. The van der Waals surface area contributed by atoms with Crippen LogP contribution in [0.2, 0.25) is 5.02 Å². The average molecular weight is 450 g/mol. The molecule has 1 atom stereocenters. The predicted molar refractivity (Wildman–Crippen MR) is 118 cm³/mol. The molecule has 0 bridgehead atoms. The van der Waals surface area contributed by atoms with Crippen LogP contribution in [0.3, 0.4) is 0 Å². The summed E-state index contributed by atoms with van der Waals surface area (Å²) < 4.78 is 18.6. The minimum absolute atomic E-state index is 0.0895. The number of guanidine groups is 1. The van der Waals surface area contributed by atoms with Gasteiger partial charge in [-0.1, -0.05) is 23.7 Å². The molecule has 1 aliphatic rings. The highest BCUT2D eigenvalue weighted by Crippen LogP contribution is 2.23. The first-order chi connectivity index (χ1) is 15.5. The van der Waals surface area contributed by atoms with Gasteiger partial charge in [0.1, 0.15) is 17.5 Å². The minimum atomic E-state index is -0.827. The minimum Gasteiger partial charge on any atom is -0.439 e. The smallest absolute Gasteiger partial charge is 0.248 e. The Morgan fingerprint density at radius 2 is 1.91 bits per heavy atom. The number of nitrogens with one attached hydrogen (secondary N) is 1. The van der Waals surface area contributed by atoms with Gasteiger partial charge in [0, 0.05) is 16.8 Å². The van der Waals surface area contributed by atoms with Crippen LogP contribution in [0.25, 0.3) is 0 Å². The van der Waals surface area contributed by atoms with Crippen LogP contribution in [0.15, 0.2) is 71.9 Å². The van der Waals surface area contributed by atoms with E-state index in [1.807, 2.05) is 18.2 Å². The maximum Gasteiger partial charge on any atom is 0.248 e. The molecule has 1 unspecified atom stereocenters. The van der Waals surface area contributed by atoms with E-state index in [-0.39, 0.29) is 24.9 Å². The standard InChI is InChI=1S/C23H17ClFN5O2/c24-17-3-1-15(2-4-17)14-30-22(31)16(11-26)12-28-23(30)29-19-6-8-20(9-7-19)32-21-10-5-18(25)13-27-21/h1-10,13,16H,12,14H2,(H,28,29). The lowest BCUT2D eigenvalue weighted by Crippen LogP contribution is -2.47. The molecule has 160 valence electrons. The molecule has 1 N–H and O–H groups in total. The lowest BCUT2D eigenvalue weighted by atomic mass is 10.1. The fraction of sp³-hybridized carbons (Fsp3) is 0.130. The van der Waals surface area contributed by atoms with Crippen molar-refractivity contribution in [3.05, 3.63) is 83.3 Å². The zero-order chi connectivity index (χ0) is 22.5. The van der Waals surface area contributed by atoms with E-state index in [4.69, 9.17) is 16.3 Å². The van der Waals surface area contributed by atoms with Gasteiger partial charge in [0.05, 0.1) is 25.4 Å². The van der Waals surface area contributed by atoms with Crippen molar-refractivity contribution in [2.45, 2.75) is 6.54 Å². The molecule has 0 saturated heterocycles. The Balaban J connectivity index is 1.49. The maximum atomic E-state index is 13.0. The predicted octanol–water partition coefficient (Wildman–Crippen LogP) is 4.62. The van der Waals surface area contributed by atoms with Crippen molar-refractivity contribution >= 4 is 29.2 Å². The second-order valence-electron chi connectivity index (χ2n) is 6.96. The highest BCUT2D eigenvalue weighted by Gasteiger charge is 2.32. The van der Waals surface area contributed by atoms with Crippen LogP contribution in [0.4, 0.5) is 10.1 Å². The van der Waals surface area contributed by atoms with Gasteiger partial charge in [-0.2, -0.15) is 5.26 Å². The number of hydrogen-bond donors (Lipinski definition) is 1. The third kappa shape index (κ3) is 5.02. The number of benzene rings is 2. The number of aliphatic imine (C=N–C) groups is 1. The SMILES string of the molecule is N#CC1CN=C(Nc2ccc(Oc3ccc(F)cn3)cc2)N(Cc2ccc(Cl)cc2)C1=O. The third-order valence-electron chi connectivity index (χ3n) is 4.69. The van der Waals surface area contributed by atoms with Crippen molar-refractivity contribution in [2.24, 2.45) is 10.9 Å². The van der Waals surface area contributed by atoms with Crippen LogP contribution in [-0.4, -0.2) is 28.3 Å². The van der Waals surface area contributed by atoms with E-state index >= 15 is 0 Å². The molecule has 9 heteroatoms. The fourth-order valence-electron chi connectivity index (χ4n) is 3.04. The highest BCUT2D eigenvalue weighted by molar-refractivity contribution is 6.30. The van der Waals surface area contributed by atoms with Crippen molar-refractivity contribution in [3.63, 3.8) is 0 Å². The lowest BCUT2D eigenvalue weighted by molar-refractivity contribution is -0.130. The molecule has 1 aromatic heterocycles. The molecule has 0 radical (unpaired) electrons. The number of ether oxygens (including phenoxy) is 1. The van der Waals surface area contributed by atoms with Crippen molar-refractivity contribution in [1.29, 1.82) is 5.26 Å². The largest absolute Gasteiger partial charge is 0.439 e. The molecule has 0 spiro atoms. The summed E-state index contributed by atoms with van der Waals surface area (Å²) in [6, 6.07) is 18.7. The van der Waals surface area contributed by atoms with E-state index in [9.17, 15) is 14.4 Å². The number of nitrogens with zero attached hydrogens (tertiary/aromatic N) is 4.